The standard InChI is InChI=1S/C32H32N2O3/c35-31(29(21-25-13-5-1-6-14-25)33-23-27-17-9-3-10-18-27)37-32(36)30(22-26-15-7-2-8-16-26)34-24-28-19-11-4-12-20-28/h1-20,29-30,33-34H,21-24H2/t29-,30-/m0/s1. The maximum absolute atomic E-state index is 13.3. The Morgan fingerprint density at radius 1 is 0.486 bits per heavy atom. The number of carbonyl (C=O) groups is 2. The lowest BCUT2D eigenvalue weighted by molar-refractivity contribution is -0.162. The van der Waals surface area contributed by atoms with Gasteiger partial charge in [-0.05, 0) is 35.1 Å². The summed E-state index contributed by atoms with van der Waals surface area (Å²) in [6.45, 7) is 0.975. The van der Waals surface area contributed by atoms with E-state index in [9.17, 15) is 9.59 Å². The highest BCUT2D eigenvalue weighted by molar-refractivity contribution is 5.91. The zero-order chi connectivity index (χ0) is 25.7. The average Bonchev–Trinajstić information content (AvgIpc) is 2.95. The van der Waals surface area contributed by atoms with E-state index in [-0.39, 0.29) is 0 Å². The molecule has 0 heterocycles. The van der Waals surface area contributed by atoms with Crippen molar-refractivity contribution in [1.29, 1.82) is 0 Å². The third-order valence-electron chi connectivity index (χ3n) is 6.13. The maximum Gasteiger partial charge on any atom is 0.331 e. The normalized spacial score (nSPS) is 12.4. The molecule has 0 spiro atoms. The minimum absolute atomic E-state index is 0.417. The van der Waals surface area contributed by atoms with Crippen LogP contribution >= 0.6 is 0 Å². The van der Waals surface area contributed by atoms with Crippen LogP contribution in [0.4, 0.5) is 0 Å². The Bertz CT molecular complexity index is 1130. The van der Waals surface area contributed by atoms with Gasteiger partial charge < -0.3 is 15.4 Å². The highest BCUT2D eigenvalue weighted by Crippen LogP contribution is 2.10. The predicted octanol–water partition coefficient (Wildman–Crippen LogP) is 4.86. The Kier molecular flexibility index (Phi) is 9.76. The molecule has 2 atom stereocenters. The molecule has 0 aliphatic carbocycles. The molecule has 37 heavy (non-hydrogen) atoms. The van der Waals surface area contributed by atoms with E-state index >= 15 is 0 Å². The molecule has 0 aromatic heterocycles. The smallest absolute Gasteiger partial charge is 0.331 e. The lowest BCUT2D eigenvalue weighted by atomic mass is 10.0. The average molecular weight is 493 g/mol. The molecule has 0 radical (unpaired) electrons. The van der Waals surface area contributed by atoms with Crippen LogP contribution in [0.15, 0.2) is 121 Å². The highest BCUT2D eigenvalue weighted by Gasteiger charge is 2.27. The summed E-state index contributed by atoms with van der Waals surface area (Å²) in [6.07, 6.45) is 0.834. The summed E-state index contributed by atoms with van der Waals surface area (Å²) < 4.78 is 5.49. The maximum atomic E-state index is 13.3. The molecule has 0 amide bonds. The van der Waals surface area contributed by atoms with Crippen LogP contribution in [0.1, 0.15) is 22.3 Å². The number of carbonyl (C=O) groups excluding carboxylic acids is 2. The summed E-state index contributed by atoms with van der Waals surface area (Å²) >= 11 is 0. The molecular formula is C32H32N2O3. The van der Waals surface area contributed by atoms with E-state index in [1.807, 2.05) is 121 Å². The highest BCUT2D eigenvalue weighted by atomic mass is 16.6. The van der Waals surface area contributed by atoms with Crippen molar-refractivity contribution in [1.82, 2.24) is 10.6 Å². The lowest BCUT2D eigenvalue weighted by Crippen LogP contribution is -2.45. The Labute approximate surface area is 218 Å². The minimum atomic E-state index is -0.668. The monoisotopic (exact) mass is 492 g/mol. The van der Waals surface area contributed by atoms with Gasteiger partial charge in [0.25, 0.3) is 0 Å². The van der Waals surface area contributed by atoms with Gasteiger partial charge >= 0.3 is 11.9 Å². The number of benzene rings is 4. The van der Waals surface area contributed by atoms with Crippen molar-refractivity contribution in [2.75, 3.05) is 0 Å². The molecule has 0 aliphatic heterocycles. The zero-order valence-electron chi connectivity index (χ0n) is 20.8. The first-order valence-corrected chi connectivity index (χ1v) is 12.6. The number of rotatable bonds is 12. The third-order valence-corrected chi connectivity index (χ3v) is 6.13. The molecule has 4 aromatic carbocycles. The molecule has 4 aromatic rings. The van der Waals surface area contributed by atoms with Gasteiger partial charge in [-0.25, -0.2) is 9.59 Å². The van der Waals surface area contributed by atoms with Gasteiger partial charge in [-0.2, -0.15) is 0 Å². The van der Waals surface area contributed by atoms with Crippen molar-refractivity contribution in [3.8, 4) is 0 Å². The predicted molar refractivity (Wildman–Crippen MR) is 146 cm³/mol. The van der Waals surface area contributed by atoms with Crippen molar-refractivity contribution in [3.05, 3.63) is 144 Å². The van der Waals surface area contributed by atoms with Gasteiger partial charge in [-0.1, -0.05) is 121 Å². The quantitative estimate of drug-likeness (QED) is 0.218. The van der Waals surface area contributed by atoms with E-state index in [1.165, 1.54) is 0 Å². The largest absolute Gasteiger partial charge is 0.391 e. The first kappa shape index (κ1) is 26.0. The van der Waals surface area contributed by atoms with Gasteiger partial charge in [0.15, 0.2) is 0 Å². The van der Waals surface area contributed by atoms with Gasteiger partial charge in [0.1, 0.15) is 12.1 Å². The van der Waals surface area contributed by atoms with Gasteiger partial charge in [0, 0.05) is 13.1 Å². The summed E-state index contributed by atoms with van der Waals surface area (Å²) in [4.78, 5) is 26.6. The van der Waals surface area contributed by atoms with Crippen LogP contribution in [0.3, 0.4) is 0 Å². The molecule has 188 valence electrons. The second-order valence-electron chi connectivity index (χ2n) is 8.96. The third kappa shape index (κ3) is 8.53. The van der Waals surface area contributed by atoms with Crippen molar-refractivity contribution in [2.45, 2.75) is 38.0 Å². The van der Waals surface area contributed by atoms with Crippen molar-refractivity contribution < 1.29 is 14.3 Å². The minimum Gasteiger partial charge on any atom is -0.391 e. The Morgan fingerprint density at radius 2 is 0.784 bits per heavy atom. The number of hydrogen-bond donors (Lipinski definition) is 2. The number of ether oxygens (including phenoxy) is 1. The Hall–Kier alpha value is -4.06. The molecule has 2 N–H and O–H groups in total. The first-order valence-electron chi connectivity index (χ1n) is 12.6. The van der Waals surface area contributed by atoms with Crippen LogP contribution < -0.4 is 10.6 Å². The topological polar surface area (TPSA) is 67.4 Å². The second kappa shape index (κ2) is 13.9. The molecule has 5 heteroatoms. The van der Waals surface area contributed by atoms with Crippen LogP contribution in [-0.4, -0.2) is 24.0 Å². The molecule has 0 saturated carbocycles. The van der Waals surface area contributed by atoms with E-state index in [4.69, 9.17) is 4.74 Å². The van der Waals surface area contributed by atoms with E-state index < -0.39 is 24.0 Å². The fraction of sp³-hybridized carbons (Fsp3) is 0.188. The number of nitrogens with one attached hydrogen (secondary N) is 2. The summed E-state index contributed by atoms with van der Waals surface area (Å²) in [5, 5.41) is 6.58. The Morgan fingerprint density at radius 3 is 1.11 bits per heavy atom. The van der Waals surface area contributed by atoms with Crippen molar-refractivity contribution >= 4 is 11.9 Å². The van der Waals surface area contributed by atoms with E-state index in [0.29, 0.717) is 25.9 Å². The fourth-order valence-electron chi connectivity index (χ4n) is 4.09. The van der Waals surface area contributed by atoms with E-state index in [2.05, 4.69) is 10.6 Å². The molecule has 0 unspecified atom stereocenters. The van der Waals surface area contributed by atoms with Gasteiger partial charge in [0.05, 0.1) is 0 Å². The van der Waals surface area contributed by atoms with E-state index in [0.717, 1.165) is 22.3 Å². The van der Waals surface area contributed by atoms with Crippen LogP contribution in [0.25, 0.3) is 0 Å². The van der Waals surface area contributed by atoms with Crippen LogP contribution in [0.2, 0.25) is 0 Å². The zero-order valence-corrected chi connectivity index (χ0v) is 20.8. The summed E-state index contributed by atoms with van der Waals surface area (Å²) in [5.41, 5.74) is 4.07. The molecule has 0 aliphatic rings. The van der Waals surface area contributed by atoms with Gasteiger partial charge in [-0.15, -0.1) is 0 Å². The molecule has 4 rings (SSSR count). The first-order chi connectivity index (χ1) is 18.2. The number of esters is 2. The summed E-state index contributed by atoms with van der Waals surface area (Å²) in [5.74, 6) is -1.16. The van der Waals surface area contributed by atoms with Crippen LogP contribution in [0.5, 0.6) is 0 Å². The van der Waals surface area contributed by atoms with E-state index in [1.54, 1.807) is 0 Å². The second-order valence-corrected chi connectivity index (χ2v) is 8.96. The molecule has 0 fully saturated rings. The van der Waals surface area contributed by atoms with Gasteiger partial charge in [0.2, 0.25) is 0 Å². The van der Waals surface area contributed by atoms with Crippen molar-refractivity contribution in [2.24, 2.45) is 0 Å². The fourth-order valence-corrected chi connectivity index (χ4v) is 4.09. The lowest BCUT2D eigenvalue weighted by Gasteiger charge is -2.21. The molecular weight excluding hydrogens is 460 g/mol. The number of hydrogen-bond acceptors (Lipinski definition) is 5. The molecule has 0 saturated heterocycles. The molecule has 5 nitrogen and oxygen atoms in total. The van der Waals surface area contributed by atoms with Crippen LogP contribution in [-0.2, 0) is 40.3 Å². The van der Waals surface area contributed by atoms with Crippen molar-refractivity contribution in [3.63, 3.8) is 0 Å². The SMILES string of the molecule is O=C(OC(=O)[C@H](Cc1ccccc1)NCc1ccccc1)[C@H](Cc1ccccc1)NCc1ccccc1. The summed E-state index contributed by atoms with van der Waals surface area (Å²) in [6, 6.07) is 37.8. The molecule has 0 bridgehead atoms. The van der Waals surface area contributed by atoms with Crippen LogP contribution in [0, 0.1) is 0 Å². The Balaban J connectivity index is 1.46. The summed E-state index contributed by atoms with van der Waals surface area (Å²) in [7, 11) is 0. The van der Waals surface area contributed by atoms with Gasteiger partial charge in [-0.3, -0.25) is 0 Å².